The SMILES string of the molecule is C[n+]1ccc(-c2cc[n+](CCCCCCCC(=O)NCCS)cc2)cc1. The largest absolute Gasteiger partial charge is 0.355 e. The van der Waals surface area contributed by atoms with Gasteiger partial charge in [0.1, 0.15) is 13.6 Å². The number of aromatic nitrogens is 2. The van der Waals surface area contributed by atoms with Crippen LogP contribution in [0.5, 0.6) is 0 Å². The minimum Gasteiger partial charge on any atom is -0.355 e. The molecule has 0 aromatic carbocycles. The molecule has 2 aromatic rings. The van der Waals surface area contributed by atoms with Crippen molar-refractivity contribution < 1.29 is 13.9 Å². The number of hydrogen-bond donors (Lipinski definition) is 2. The third kappa shape index (κ3) is 7.56. The first-order valence-electron chi connectivity index (χ1n) is 9.51. The number of unbranched alkanes of at least 4 members (excludes halogenated alkanes) is 4. The fraction of sp³-hybridized carbons (Fsp3) is 0.476. The van der Waals surface area contributed by atoms with Gasteiger partial charge < -0.3 is 5.32 Å². The first-order chi connectivity index (χ1) is 12.7. The molecule has 2 aromatic heterocycles. The van der Waals surface area contributed by atoms with E-state index in [2.05, 4.69) is 71.6 Å². The second kappa shape index (κ2) is 11.7. The van der Waals surface area contributed by atoms with Crippen molar-refractivity contribution in [2.45, 2.75) is 45.1 Å². The molecule has 4 nitrogen and oxygen atoms in total. The maximum absolute atomic E-state index is 11.5. The monoisotopic (exact) mass is 373 g/mol. The van der Waals surface area contributed by atoms with E-state index in [-0.39, 0.29) is 5.91 Å². The van der Waals surface area contributed by atoms with E-state index < -0.39 is 0 Å². The molecule has 0 atom stereocenters. The Labute approximate surface area is 162 Å². The van der Waals surface area contributed by atoms with E-state index >= 15 is 0 Å². The van der Waals surface area contributed by atoms with Gasteiger partial charge in [-0.1, -0.05) is 12.8 Å². The molecule has 0 saturated carbocycles. The number of pyridine rings is 2. The third-order valence-electron chi connectivity index (χ3n) is 4.46. The molecule has 2 heterocycles. The molecule has 0 aliphatic rings. The number of carbonyl (C=O) groups excluding carboxylic acids is 1. The summed E-state index contributed by atoms with van der Waals surface area (Å²) in [6.07, 6.45) is 14.8. The normalized spacial score (nSPS) is 10.7. The number of carbonyl (C=O) groups is 1. The van der Waals surface area contributed by atoms with E-state index in [0.717, 1.165) is 19.4 Å². The summed E-state index contributed by atoms with van der Waals surface area (Å²) in [5.74, 6) is 0.857. The highest BCUT2D eigenvalue weighted by molar-refractivity contribution is 7.80. The average molecular weight is 374 g/mol. The molecule has 2 rings (SSSR count). The molecule has 0 spiro atoms. The average Bonchev–Trinajstić information content (AvgIpc) is 2.67. The molecular formula is C21H31N3OS+2. The highest BCUT2D eigenvalue weighted by Crippen LogP contribution is 2.15. The molecule has 0 aliphatic carbocycles. The zero-order chi connectivity index (χ0) is 18.6. The van der Waals surface area contributed by atoms with Crippen LogP contribution in [0.25, 0.3) is 11.1 Å². The first kappa shape index (κ1) is 20.4. The van der Waals surface area contributed by atoms with Crippen LogP contribution < -0.4 is 14.5 Å². The molecule has 5 heteroatoms. The Bertz CT molecular complexity index is 656. The van der Waals surface area contributed by atoms with E-state index in [1.54, 1.807) is 0 Å². The van der Waals surface area contributed by atoms with Crippen LogP contribution in [0.15, 0.2) is 49.1 Å². The maximum atomic E-state index is 11.5. The summed E-state index contributed by atoms with van der Waals surface area (Å²) in [5, 5.41) is 2.86. The molecule has 0 aliphatic heterocycles. The standard InChI is InChI=1S/C21H29N3OS/c1-23-14-8-19(9-15-23)20-10-16-24(17-11-20)13-6-4-2-3-5-7-21(25)22-12-18-26/h8-11,14-17H,2-7,12-13,18H2,1H3/p+2. The summed E-state index contributed by atoms with van der Waals surface area (Å²) in [4.78, 5) is 11.5. The number of hydrogen-bond acceptors (Lipinski definition) is 2. The summed E-state index contributed by atoms with van der Waals surface area (Å²) in [5.41, 5.74) is 2.49. The van der Waals surface area contributed by atoms with Gasteiger partial charge in [-0.15, -0.1) is 0 Å². The van der Waals surface area contributed by atoms with Crippen molar-refractivity contribution in [3.63, 3.8) is 0 Å². The molecule has 0 saturated heterocycles. The molecule has 0 radical (unpaired) electrons. The lowest BCUT2D eigenvalue weighted by molar-refractivity contribution is -0.697. The number of aryl methyl sites for hydroxylation is 2. The summed E-state index contributed by atoms with van der Waals surface area (Å²) < 4.78 is 4.29. The zero-order valence-corrected chi connectivity index (χ0v) is 16.6. The lowest BCUT2D eigenvalue weighted by Gasteiger charge is -2.03. The van der Waals surface area contributed by atoms with Gasteiger partial charge in [0.25, 0.3) is 0 Å². The van der Waals surface area contributed by atoms with E-state index in [4.69, 9.17) is 0 Å². The van der Waals surface area contributed by atoms with E-state index in [0.29, 0.717) is 18.7 Å². The smallest absolute Gasteiger partial charge is 0.220 e. The highest BCUT2D eigenvalue weighted by Gasteiger charge is 2.05. The van der Waals surface area contributed by atoms with Crippen LogP contribution >= 0.6 is 12.6 Å². The lowest BCUT2D eigenvalue weighted by atomic mass is 10.1. The van der Waals surface area contributed by atoms with Crippen molar-refractivity contribution in [2.75, 3.05) is 12.3 Å². The van der Waals surface area contributed by atoms with Crippen LogP contribution in [0, 0.1) is 0 Å². The minimum atomic E-state index is 0.155. The van der Waals surface area contributed by atoms with Crippen LogP contribution in [-0.4, -0.2) is 18.2 Å². The van der Waals surface area contributed by atoms with Crippen molar-refractivity contribution >= 4 is 18.5 Å². The van der Waals surface area contributed by atoms with Crippen molar-refractivity contribution in [2.24, 2.45) is 7.05 Å². The number of rotatable bonds is 11. The fourth-order valence-electron chi connectivity index (χ4n) is 2.89. The van der Waals surface area contributed by atoms with Crippen molar-refractivity contribution in [1.29, 1.82) is 0 Å². The topological polar surface area (TPSA) is 36.9 Å². The molecule has 1 amide bonds. The van der Waals surface area contributed by atoms with Crippen LogP contribution in [0.1, 0.15) is 38.5 Å². The van der Waals surface area contributed by atoms with Gasteiger partial charge in [-0.25, -0.2) is 9.13 Å². The predicted molar refractivity (Wildman–Crippen MR) is 108 cm³/mol. The molecule has 0 bridgehead atoms. The van der Waals surface area contributed by atoms with Crippen LogP contribution in [-0.2, 0) is 18.4 Å². The first-order valence-corrected chi connectivity index (χ1v) is 10.1. The summed E-state index contributed by atoms with van der Waals surface area (Å²) in [6, 6.07) is 8.63. The van der Waals surface area contributed by atoms with E-state index in [1.807, 2.05) is 11.6 Å². The van der Waals surface area contributed by atoms with Crippen molar-refractivity contribution in [3.05, 3.63) is 49.1 Å². The Kier molecular flexibility index (Phi) is 9.18. The van der Waals surface area contributed by atoms with Crippen LogP contribution in [0.4, 0.5) is 0 Å². The Morgan fingerprint density at radius 1 is 0.923 bits per heavy atom. The number of nitrogens with one attached hydrogen (secondary N) is 1. The van der Waals surface area contributed by atoms with Crippen LogP contribution in [0.3, 0.4) is 0 Å². The number of thiol groups is 1. The van der Waals surface area contributed by atoms with Crippen molar-refractivity contribution in [3.8, 4) is 11.1 Å². The molecule has 0 unspecified atom stereocenters. The summed E-state index contributed by atoms with van der Waals surface area (Å²) in [7, 11) is 2.03. The van der Waals surface area contributed by atoms with E-state index in [9.17, 15) is 4.79 Å². The second-order valence-corrected chi connectivity index (χ2v) is 7.12. The molecule has 26 heavy (non-hydrogen) atoms. The summed E-state index contributed by atoms with van der Waals surface area (Å²) in [6.45, 7) is 1.72. The molecule has 0 fully saturated rings. The highest BCUT2D eigenvalue weighted by atomic mass is 32.1. The Morgan fingerprint density at radius 3 is 2.15 bits per heavy atom. The van der Waals surface area contributed by atoms with Gasteiger partial charge >= 0.3 is 0 Å². The Morgan fingerprint density at radius 2 is 1.50 bits per heavy atom. The Hall–Kier alpha value is -1.88. The molecule has 1 N–H and O–H groups in total. The van der Waals surface area contributed by atoms with E-state index in [1.165, 1.54) is 30.4 Å². The fourth-order valence-corrected chi connectivity index (χ4v) is 3.00. The molecular weight excluding hydrogens is 342 g/mol. The maximum Gasteiger partial charge on any atom is 0.220 e. The van der Waals surface area contributed by atoms with Gasteiger partial charge in [0, 0.05) is 49.4 Å². The quantitative estimate of drug-likeness (QED) is 0.355. The van der Waals surface area contributed by atoms with Gasteiger partial charge in [-0.05, 0) is 24.0 Å². The predicted octanol–water partition coefficient (Wildman–Crippen LogP) is 2.85. The number of amides is 1. The number of nitrogens with zero attached hydrogens (tertiary/aromatic N) is 2. The van der Waals surface area contributed by atoms with Gasteiger partial charge in [0.2, 0.25) is 5.91 Å². The van der Waals surface area contributed by atoms with Gasteiger partial charge in [-0.3, -0.25) is 4.79 Å². The Balaban J connectivity index is 1.60. The zero-order valence-electron chi connectivity index (χ0n) is 15.7. The minimum absolute atomic E-state index is 0.155. The van der Waals surface area contributed by atoms with Gasteiger partial charge in [0.05, 0.1) is 0 Å². The van der Waals surface area contributed by atoms with Gasteiger partial charge in [0.15, 0.2) is 24.8 Å². The van der Waals surface area contributed by atoms with Gasteiger partial charge in [-0.2, -0.15) is 12.6 Å². The molecule has 140 valence electrons. The second-order valence-electron chi connectivity index (χ2n) is 6.67. The third-order valence-corrected chi connectivity index (χ3v) is 4.68. The summed E-state index contributed by atoms with van der Waals surface area (Å²) >= 11 is 4.08. The van der Waals surface area contributed by atoms with Crippen molar-refractivity contribution in [1.82, 2.24) is 5.32 Å². The van der Waals surface area contributed by atoms with Crippen LogP contribution in [0.2, 0.25) is 0 Å². The lowest BCUT2D eigenvalue weighted by Crippen LogP contribution is -2.32.